The lowest BCUT2D eigenvalue weighted by molar-refractivity contribution is -0.144. The molecule has 2 rings (SSSR count). The van der Waals surface area contributed by atoms with Gasteiger partial charge in [0.1, 0.15) is 17.3 Å². The van der Waals surface area contributed by atoms with E-state index in [9.17, 15) is 17.6 Å². The average Bonchev–Trinajstić information content (AvgIpc) is 2.84. The minimum Gasteiger partial charge on any atom is -0.495 e. The van der Waals surface area contributed by atoms with Gasteiger partial charge in [0.2, 0.25) is 0 Å². The topological polar surface area (TPSA) is 27.1 Å². The molecule has 0 aliphatic carbocycles. The highest BCUT2D eigenvalue weighted by Gasteiger charge is 2.36. The fourth-order valence-electron chi connectivity index (χ4n) is 2.01. The van der Waals surface area contributed by atoms with Crippen LogP contribution in [0.25, 0.3) is 11.3 Å². The third-order valence-electron chi connectivity index (χ3n) is 3.03. The number of nitrogens with zero attached hydrogens (tertiary/aromatic N) is 2. The summed E-state index contributed by atoms with van der Waals surface area (Å²) in [6, 6.07) is 2.50. The van der Waals surface area contributed by atoms with Crippen LogP contribution in [0.5, 0.6) is 5.75 Å². The minimum atomic E-state index is -4.58. The molecule has 120 valence electrons. The van der Waals surface area contributed by atoms with Crippen LogP contribution in [0.2, 0.25) is 5.02 Å². The van der Waals surface area contributed by atoms with Gasteiger partial charge in [-0.3, -0.25) is 4.68 Å². The molecule has 0 aliphatic rings. The molecule has 1 heterocycles. The molecular weight excluding hydrogens is 324 g/mol. The highest BCUT2D eigenvalue weighted by Crippen LogP contribution is 2.37. The minimum absolute atomic E-state index is 0.0306. The third-order valence-corrected chi connectivity index (χ3v) is 3.33. The van der Waals surface area contributed by atoms with E-state index in [1.807, 2.05) is 0 Å². The molecule has 0 aliphatic heterocycles. The van der Waals surface area contributed by atoms with Gasteiger partial charge in [-0.2, -0.15) is 18.3 Å². The maximum Gasteiger partial charge on any atom is 0.433 e. The van der Waals surface area contributed by atoms with Gasteiger partial charge in [0.15, 0.2) is 0 Å². The van der Waals surface area contributed by atoms with Crippen molar-refractivity contribution in [2.45, 2.75) is 26.1 Å². The number of methoxy groups -OCH3 is 1. The van der Waals surface area contributed by atoms with Crippen molar-refractivity contribution in [2.75, 3.05) is 7.11 Å². The first-order chi connectivity index (χ1) is 10.1. The number of aromatic nitrogens is 2. The van der Waals surface area contributed by atoms with Crippen LogP contribution >= 0.6 is 11.6 Å². The summed E-state index contributed by atoms with van der Waals surface area (Å²) in [4.78, 5) is 0. The van der Waals surface area contributed by atoms with E-state index in [-0.39, 0.29) is 22.0 Å². The molecule has 0 radical (unpaired) electrons. The molecule has 3 nitrogen and oxygen atoms in total. The Balaban J connectivity index is 2.64. The SMILES string of the molecule is COc1cc(-c2cc(C(F)(F)F)n(C(C)C)n2)c(F)cc1Cl. The monoisotopic (exact) mass is 336 g/mol. The number of hydrogen-bond donors (Lipinski definition) is 0. The first kappa shape index (κ1) is 16.6. The summed E-state index contributed by atoms with van der Waals surface area (Å²) in [5, 5.41) is 3.90. The second-order valence-electron chi connectivity index (χ2n) is 4.92. The summed E-state index contributed by atoms with van der Waals surface area (Å²) < 4.78 is 58.9. The highest BCUT2D eigenvalue weighted by atomic mass is 35.5. The van der Waals surface area contributed by atoms with Crippen molar-refractivity contribution < 1.29 is 22.3 Å². The molecule has 0 bridgehead atoms. The van der Waals surface area contributed by atoms with Crippen molar-refractivity contribution in [1.82, 2.24) is 9.78 Å². The van der Waals surface area contributed by atoms with Crippen molar-refractivity contribution in [3.63, 3.8) is 0 Å². The van der Waals surface area contributed by atoms with Crippen molar-refractivity contribution in [3.8, 4) is 17.0 Å². The molecule has 0 saturated heterocycles. The number of rotatable bonds is 3. The van der Waals surface area contributed by atoms with Crippen molar-refractivity contribution in [3.05, 3.63) is 34.7 Å². The number of halogens is 5. The molecule has 8 heteroatoms. The van der Waals surface area contributed by atoms with Crippen LogP contribution in [0.1, 0.15) is 25.6 Å². The smallest absolute Gasteiger partial charge is 0.433 e. The first-order valence-corrected chi connectivity index (χ1v) is 6.73. The normalized spacial score (nSPS) is 12.0. The van der Waals surface area contributed by atoms with Crippen molar-refractivity contribution >= 4 is 11.6 Å². The molecule has 1 aromatic carbocycles. The van der Waals surface area contributed by atoms with Gasteiger partial charge in [-0.25, -0.2) is 4.39 Å². The number of ether oxygens (including phenoxy) is 1. The second-order valence-corrected chi connectivity index (χ2v) is 5.32. The largest absolute Gasteiger partial charge is 0.495 e. The van der Waals surface area contributed by atoms with Crippen molar-refractivity contribution in [2.24, 2.45) is 0 Å². The quantitative estimate of drug-likeness (QED) is 0.741. The van der Waals surface area contributed by atoms with Crippen molar-refractivity contribution in [1.29, 1.82) is 0 Å². The van der Waals surface area contributed by atoms with E-state index in [0.717, 1.165) is 16.8 Å². The lowest BCUT2D eigenvalue weighted by Gasteiger charge is -2.12. The van der Waals surface area contributed by atoms with Gasteiger partial charge < -0.3 is 4.74 Å². The van der Waals surface area contributed by atoms with E-state index in [4.69, 9.17) is 16.3 Å². The van der Waals surface area contributed by atoms with Gasteiger partial charge in [0.05, 0.1) is 17.8 Å². The lowest BCUT2D eigenvalue weighted by Crippen LogP contribution is -2.16. The summed E-state index contributed by atoms with van der Waals surface area (Å²) in [6.45, 7) is 3.12. The maximum absolute atomic E-state index is 14.0. The third kappa shape index (κ3) is 3.04. The Morgan fingerprint density at radius 2 is 1.86 bits per heavy atom. The van der Waals surface area contributed by atoms with Gasteiger partial charge in [-0.1, -0.05) is 11.6 Å². The number of benzene rings is 1. The van der Waals surface area contributed by atoms with Gasteiger partial charge in [-0.05, 0) is 32.0 Å². The fraction of sp³-hybridized carbons (Fsp3) is 0.357. The summed E-state index contributed by atoms with van der Waals surface area (Å²) in [5.74, 6) is -0.612. The molecule has 0 atom stereocenters. The molecule has 2 aromatic rings. The zero-order valence-electron chi connectivity index (χ0n) is 12.0. The highest BCUT2D eigenvalue weighted by molar-refractivity contribution is 6.32. The van der Waals surface area contributed by atoms with Crippen LogP contribution < -0.4 is 4.74 Å². The van der Waals surface area contributed by atoms with Gasteiger partial charge in [-0.15, -0.1) is 0 Å². The summed E-state index contributed by atoms with van der Waals surface area (Å²) in [7, 11) is 1.33. The average molecular weight is 337 g/mol. The molecular formula is C14H13ClF4N2O. The van der Waals surface area contributed by atoms with Gasteiger partial charge in [0, 0.05) is 11.6 Å². The van der Waals surface area contributed by atoms with E-state index in [2.05, 4.69) is 5.10 Å². The van der Waals surface area contributed by atoms with E-state index >= 15 is 0 Å². The standard InChI is InChI=1S/C14H13ClF4N2O/c1-7(2)21-13(14(17,18)19)6-11(20-21)8-4-12(22-3)9(15)5-10(8)16/h4-7H,1-3H3. The summed E-state index contributed by atoms with van der Waals surface area (Å²) in [5.41, 5.74) is -1.18. The van der Waals surface area contributed by atoms with E-state index < -0.39 is 23.7 Å². The zero-order chi connectivity index (χ0) is 16.7. The van der Waals surface area contributed by atoms with Gasteiger partial charge >= 0.3 is 6.18 Å². The molecule has 0 saturated carbocycles. The second kappa shape index (κ2) is 5.79. The Hall–Kier alpha value is -1.76. The number of alkyl halides is 3. The lowest BCUT2D eigenvalue weighted by atomic mass is 10.1. The van der Waals surface area contributed by atoms with E-state index in [1.165, 1.54) is 13.2 Å². The van der Waals surface area contributed by atoms with Crippen LogP contribution in [0.15, 0.2) is 18.2 Å². The van der Waals surface area contributed by atoms with Crippen LogP contribution in [0, 0.1) is 5.82 Å². The van der Waals surface area contributed by atoms with E-state index in [0.29, 0.717) is 0 Å². The number of hydrogen-bond acceptors (Lipinski definition) is 2. The summed E-state index contributed by atoms with van der Waals surface area (Å²) in [6.07, 6.45) is -4.58. The predicted octanol–water partition coefficient (Wildman–Crippen LogP) is 4.95. The van der Waals surface area contributed by atoms with Crippen LogP contribution in [0.3, 0.4) is 0 Å². The zero-order valence-corrected chi connectivity index (χ0v) is 12.8. The van der Waals surface area contributed by atoms with E-state index in [1.54, 1.807) is 13.8 Å². The molecule has 0 unspecified atom stereocenters. The fourth-order valence-corrected chi connectivity index (χ4v) is 2.24. The summed E-state index contributed by atoms with van der Waals surface area (Å²) >= 11 is 5.78. The Labute approximate surface area is 129 Å². The molecule has 1 aromatic heterocycles. The molecule has 0 amide bonds. The Morgan fingerprint density at radius 1 is 1.23 bits per heavy atom. The van der Waals surface area contributed by atoms with Crippen LogP contribution in [-0.2, 0) is 6.18 Å². The Morgan fingerprint density at radius 3 is 2.32 bits per heavy atom. The predicted molar refractivity (Wildman–Crippen MR) is 74.6 cm³/mol. The van der Waals surface area contributed by atoms with Gasteiger partial charge in [0.25, 0.3) is 0 Å². The Kier molecular flexibility index (Phi) is 4.37. The Bertz CT molecular complexity index is 695. The van der Waals surface area contributed by atoms with Crippen LogP contribution in [-0.4, -0.2) is 16.9 Å². The molecule has 22 heavy (non-hydrogen) atoms. The molecule has 0 fully saturated rings. The van der Waals surface area contributed by atoms with Crippen LogP contribution in [0.4, 0.5) is 17.6 Å². The first-order valence-electron chi connectivity index (χ1n) is 6.35. The maximum atomic E-state index is 14.0. The molecule has 0 N–H and O–H groups in total. The molecule has 0 spiro atoms.